The number of rotatable bonds is 4. The zero-order chi connectivity index (χ0) is 15.6. The first-order valence-corrected chi connectivity index (χ1v) is 7.94. The first kappa shape index (κ1) is 16.2. The van der Waals surface area contributed by atoms with Gasteiger partial charge in [0.2, 0.25) is 0 Å². The number of hydrogen-bond acceptors (Lipinski definition) is 4. The van der Waals surface area contributed by atoms with Crippen molar-refractivity contribution in [3.05, 3.63) is 39.8 Å². The van der Waals surface area contributed by atoms with Gasteiger partial charge in [0.05, 0.1) is 16.7 Å². The number of thioether (sulfide) groups is 1. The Bertz CT molecular complexity index is 606. The lowest BCUT2D eigenvalue weighted by Crippen LogP contribution is -2.08. The van der Waals surface area contributed by atoms with Crippen LogP contribution in [0.2, 0.25) is 0 Å². The van der Waals surface area contributed by atoms with Crippen LogP contribution in [0.3, 0.4) is 0 Å². The predicted molar refractivity (Wildman–Crippen MR) is 82.0 cm³/mol. The molecule has 2 nitrogen and oxygen atoms in total. The summed E-state index contributed by atoms with van der Waals surface area (Å²) in [5.74, 6) is 0. The van der Waals surface area contributed by atoms with Gasteiger partial charge in [0.1, 0.15) is 0 Å². The highest BCUT2D eigenvalue weighted by Gasteiger charge is 2.29. The largest absolute Gasteiger partial charge is 0.446 e. The van der Waals surface area contributed by atoms with Crippen LogP contribution in [-0.4, -0.2) is 10.5 Å². The van der Waals surface area contributed by atoms with E-state index in [0.29, 0.717) is 0 Å². The second-order valence-corrected chi connectivity index (χ2v) is 7.16. The van der Waals surface area contributed by atoms with Crippen molar-refractivity contribution in [2.45, 2.75) is 37.2 Å². The lowest BCUT2D eigenvalue weighted by molar-refractivity contribution is -0.0328. The van der Waals surface area contributed by atoms with Crippen LogP contribution in [0.4, 0.5) is 18.9 Å². The Morgan fingerprint density at radius 2 is 1.81 bits per heavy atom. The van der Waals surface area contributed by atoms with Crippen molar-refractivity contribution >= 4 is 28.8 Å². The number of benzene rings is 1. The smallest absolute Gasteiger partial charge is 0.377 e. The molecule has 0 radical (unpaired) electrons. The van der Waals surface area contributed by atoms with E-state index in [1.807, 2.05) is 20.8 Å². The van der Waals surface area contributed by atoms with Gasteiger partial charge in [-0.1, -0.05) is 0 Å². The molecule has 0 aliphatic carbocycles. The van der Waals surface area contributed by atoms with Crippen LogP contribution < -0.4 is 5.32 Å². The molecule has 0 aliphatic heterocycles. The molecule has 0 aliphatic rings. The monoisotopic (exact) mass is 332 g/mol. The Morgan fingerprint density at radius 3 is 2.29 bits per heavy atom. The molecule has 0 saturated heterocycles. The molecule has 0 spiro atoms. The van der Waals surface area contributed by atoms with Crippen molar-refractivity contribution in [1.29, 1.82) is 0 Å². The summed E-state index contributed by atoms with van der Waals surface area (Å²) >= 11 is 1.53. The minimum Gasteiger partial charge on any atom is -0.377 e. The van der Waals surface area contributed by atoms with Crippen LogP contribution >= 0.6 is 23.1 Å². The number of halogens is 3. The van der Waals surface area contributed by atoms with E-state index in [9.17, 15) is 13.2 Å². The van der Waals surface area contributed by atoms with Crippen molar-refractivity contribution in [2.24, 2.45) is 0 Å². The predicted octanol–water partition coefficient (Wildman–Crippen LogP) is 5.54. The zero-order valence-corrected chi connectivity index (χ0v) is 13.4. The molecular formula is C14H15F3N2S2. The van der Waals surface area contributed by atoms with Gasteiger partial charge in [-0.15, -0.1) is 11.3 Å². The minimum absolute atomic E-state index is 0.0102. The Kier molecular flexibility index (Phi) is 4.83. The van der Waals surface area contributed by atoms with E-state index in [4.69, 9.17) is 0 Å². The number of anilines is 1. The molecule has 0 fully saturated rings. The molecule has 2 rings (SSSR count). The lowest BCUT2D eigenvalue weighted by atomic mass is 10.2. The average Bonchev–Trinajstić information content (AvgIpc) is 2.69. The maximum absolute atomic E-state index is 12.3. The highest BCUT2D eigenvalue weighted by atomic mass is 32.2. The van der Waals surface area contributed by atoms with E-state index in [2.05, 4.69) is 10.3 Å². The van der Waals surface area contributed by atoms with Gasteiger partial charge < -0.3 is 5.32 Å². The summed E-state index contributed by atoms with van der Waals surface area (Å²) in [4.78, 5) is 5.81. The molecule has 1 heterocycles. The Labute approximate surface area is 129 Å². The standard InChI is InChI=1S/C14H15F3N2S2/c1-8(13-9(2)20-10(3)19-13)18-11-4-6-12(7-5-11)21-14(15,16)17/h4-8,18H,1-3H3. The Balaban J connectivity index is 2.05. The van der Waals surface area contributed by atoms with Gasteiger partial charge >= 0.3 is 5.51 Å². The summed E-state index contributed by atoms with van der Waals surface area (Å²) < 4.78 is 36.8. The summed E-state index contributed by atoms with van der Waals surface area (Å²) in [6.45, 7) is 5.96. The minimum atomic E-state index is -4.25. The van der Waals surface area contributed by atoms with E-state index < -0.39 is 5.51 Å². The fraction of sp³-hybridized carbons (Fsp3) is 0.357. The first-order chi connectivity index (χ1) is 9.74. The molecule has 0 bridgehead atoms. The number of thiazole rings is 1. The number of aryl methyl sites for hydroxylation is 2. The third-order valence-corrected chi connectivity index (χ3v) is 4.46. The lowest BCUT2D eigenvalue weighted by Gasteiger charge is -2.14. The molecule has 114 valence electrons. The van der Waals surface area contributed by atoms with E-state index in [1.54, 1.807) is 23.5 Å². The molecule has 0 saturated carbocycles. The van der Waals surface area contributed by atoms with E-state index in [1.165, 1.54) is 12.1 Å². The van der Waals surface area contributed by atoms with Gasteiger partial charge in [-0.3, -0.25) is 0 Å². The number of nitrogens with one attached hydrogen (secondary N) is 1. The van der Waals surface area contributed by atoms with Gasteiger partial charge in [0.25, 0.3) is 0 Å². The molecule has 1 aromatic heterocycles. The molecule has 21 heavy (non-hydrogen) atoms. The summed E-state index contributed by atoms with van der Waals surface area (Å²) in [7, 11) is 0. The van der Waals surface area contributed by atoms with Crippen LogP contribution in [0.1, 0.15) is 28.5 Å². The molecule has 0 amide bonds. The molecule has 7 heteroatoms. The normalized spacial score (nSPS) is 13.2. The Morgan fingerprint density at radius 1 is 1.19 bits per heavy atom. The number of hydrogen-bond donors (Lipinski definition) is 1. The van der Waals surface area contributed by atoms with E-state index >= 15 is 0 Å². The van der Waals surface area contributed by atoms with Crippen molar-refractivity contribution in [1.82, 2.24) is 4.98 Å². The van der Waals surface area contributed by atoms with Gasteiger partial charge in [-0.25, -0.2) is 4.98 Å². The topological polar surface area (TPSA) is 24.9 Å². The third kappa shape index (κ3) is 4.64. The van der Waals surface area contributed by atoms with Crippen molar-refractivity contribution in [3.8, 4) is 0 Å². The summed E-state index contributed by atoms with van der Waals surface area (Å²) in [5.41, 5.74) is -2.50. The average molecular weight is 332 g/mol. The van der Waals surface area contributed by atoms with Crippen molar-refractivity contribution in [2.75, 3.05) is 5.32 Å². The molecule has 1 N–H and O–H groups in total. The van der Waals surface area contributed by atoms with Crippen molar-refractivity contribution < 1.29 is 13.2 Å². The van der Waals surface area contributed by atoms with Gasteiger partial charge in [-0.05, 0) is 56.8 Å². The molecule has 2 aromatic rings. The maximum atomic E-state index is 12.3. The van der Waals surface area contributed by atoms with Gasteiger partial charge in [0, 0.05) is 15.5 Å². The van der Waals surface area contributed by atoms with Crippen LogP contribution in [0.15, 0.2) is 29.2 Å². The highest BCUT2D eigenvalue weighted by Crippen LogP contribution is 2.37. The second kappa shape index (κ2) is 6.27. The van der Waals surface area contributed by atoms with Crippen LogP contribution in [0, 0.1) is 13.8 Å². The fourth-order valence-electron chi connectivity index (χ4n) is 2.02. The molecular weight excluding hydrogens is 317 g/mol. The van der Waals surface area contributed by atoms with Crippen LogP contribution in [-0.2, 0) is 0 Å². The first-order valence-electron chi connectivity index (χ1n) is 6.31. The Hall–Kier alpha value is -1.21. The molecule has 1 unspecified atom stereocenters. The van der Waals surface area contributed by atoms with Gasteiger partial charge in [-0.2, -0.15) is 13.2 Å². The van der Waals surface area contributed by atoms with Crippen LogP contribution in [0.25, 0.3) is 0 Å². The quantitative estimate of drug-likeness (QED) is 0.744. The SMILES string of the molecule is Cc1nc(C(C)Nc2ccc(SC(F)(F)F)cc2)c(C)s1. The summed E-state index contributed by atoms with van der Waals surface area (Å²) in [6, 6.07) is 6.24. The van der Waals surface area contributed by atoms with E-state index in [-0.39, 0.29) is 22.7 Å². The number of aromatic nitrogens is 1. The van der Waals surface area contributed by atoms with E-state index in [0.717, 1.165) is 21.3 Å². The summed E-state index contributed by atoms with van der Waals surface area (Å²) in [5, 5.41) is 4.26. The second-order valence-electron chi connectivity index (χ2n) is 4.61. The third-order valence-electron chi connectivity index (χ3n) is 2.82. The molecule has 1 aromatic carbocycles. The highest BCUT2D eigenvalue weighted by molar-refractivity contribution is 8.00. The summed E-state index contributed by atoms with van der Waals surface area (Å²) in [6.07, 6.45) is 0. The van der Waals surface area contributed by atoms with Crippen molar-refractivity contribution in [3.63, 3.8) is 0 Å². The zero-order valence-electron chi connectivity index (χ0n) is 11.8. The van der Waals surface area contributed by atoms with Gasteiger partial charge in [0.15, 0.2) is 0 Å². The fourth-order valence-corrected chi connectivity index (χ4v) is 3.47. The number of alkyl halides is 3. The van der Waals surface area contributed by atoms with Crippen LogP contribution in [0.5, 0.6) is 0 Å². The number of nitrogens with zero attached hydrogens (tertiary/aromatic N) is 1. The maximum Gasteiger partial charge on any atom is 0.446 e. The molecule has 1 atom stereocenters.